The first-order valence-electron chi connectivity index (χ1n) is 26.3. The van der Waals surface area contributed by atoms with Crippen LogP contribution >= 0.6 is 15.9 Å². The predicted molar refractivity (Wildman–Crippen MR) is 298 cm³/mol. The largest absolute Gasteiger partial charge is 0.468 e. The normalized spacial score (nSPS) is 23.9. The van der Waals surface area contributed by atoms with Crippen molar-refractivity contribution in [3.63, 3.8) is 0 Å². The molecule has 28 aromatic carbocycles. The highest BCUT2D eigenvalue weighted by atomic mass is 79.9. The van der Waals surface area contributed by atoms with E-state index in [2.05, 4.69) is 15.9 Å². The van der Waals surface area contributed by atoms with Crippen molar-refractivity contribution in [3.8, 4) is 0 Å². The molecule has 2 spiro atoms. The number of carbonyl (C=O) groups is 2. The van der Waals surface area contributed by atoms with Crippen LogP contribution in [-0.2, 0) is 29.9 Å². The van der Waals surface area contributed by atoms with E-state index in [0.717, 1.165) is 0 Å². The number of ether oxygens (including phenoxy) is 2. The highest BCUT2D eigenvalue weighted by Crippen LogP contribution is 2.96. The zero-order valence-electron chi connectivity index (χ0n) is 36.6. The Hall–Kier alpha value is -8.12. The van der Waals surface area contributed by atoms with Gasteiger partial charge in [0.25, 0.3) is 0 Å². The van der Waals surface area contributed by atoms with Gasteiger partial charge in [0.2, 0.25) is 0 Å². The molecule has 72 heavy (non-hydrogen) atoms. The van der Waals surface area contributed by atoms with Crippen LogP contribution < -0.4 is 0 Å². The molecule has 0 atom stereocenters. The summed E-state index contributed by atoms with van der Waals surface area (Å²) in [6, 6.07) is 0. The average Bonchev–Trinajstić information content (AvgIpc) is 4.37. The molecule has 0 N–H and O–H groups in total. The number of methoxy groups -OCH3 is 1. The van der Waals surface area contributed by atoms with E-state index in [9.17, 15) is 0 Å². The zero-order valence-corrected chi connectivity index (χ0v) is 38.2. The zero-order chi connectivity index (χ0) is 43.7. The Kier molecular flexibility index (Phi) is 2.47. The molecule has 0 radical (unpaired) electrons. The Morgan fingerprint density at radius 2 is 0.458 bits per heavy atom. The van der Waals surface area contributed by atoms with Gasteiger partial charge in [-0.25, -0.2) is 0 Å². The number of rotatable bonds is 5. The minimum absolute atomic E-state index is 0.244. The molecular formula is C67H9BrO4. The molecule has 0 aromatic heterocycles. The van der Waals surface area contributed by atoms with Crippen molar-refractivity contribution in [3.05, 3.63) is 22.3 Å². The average molecular weight is 958 g/mol. The van der Waals surface area contributed by atoms with E-state index in [1.807, 2.05) is 0 Å². The molecule has 28 aromatic rings. The maximum absolute atomic E-state index is 16.7. The minimum atomic E-state index is -1.68. The summed E-state index contributed by atoms with van der Waals surface area (Å²) in [5, 5.41) is 80.9. The Labute approximate surface area is 399 Å². The van der Waals surface area contributed by atoms with Crippen LogP contribution in [0.2, 0.25) is 0 Å². The van der Waals surface area contributed by atoms with E-state index >= 15 is 9.59 Å². The smallest absolute Gasteiger partial charge is 0.326 e. The van der Waals surface area contributed by atoms with Crippen LogP contribution in [-0.4, -0.2) is 31.0 Å². The lowest BCUT2D eigenvalue weighted by molar-refractivity contribution is -0.164. The first-order chi connectivity index (χ1) is 35.7. The van der Waals surface area contributed by atoms with Crippen LogP contribution in [0.4, 0.5) is 0 Å². The Morgan fingerprint density at radius 3 is 0.611 bits per heavy atom. The van der Waals surface area contributed by atoms with Crippen LogP contribution in [0.25, 0.3) is 291 Å². The SMILES string of the molecule is COC(=O)C1(C(=O)OCCCBr)C23c4c5c6c7c8c9c(c%10c%11c2c2c4c4c%12c5c5c6c6c8c8c%13c9c9c%10c%10c%11c%11c2c2c4c4c%12c%12c5c5c6c8c6c8c%13c9c9c%10c%10c%11c2c2c4c4c%12c5c6c5c8c9c%10c2c45)C713. The van der Waals surface area contributed by atoms with Gasteiger partial charge < -0.3 is 9.47 Å². The standard InChI is InChI=1S/C67H9BrO4/c1-71-63(69)67(64(70)72-4-2-3-68)65-59-51-43-33-23-15-7-5-6-9-13-11(7)19-27-21(13)31-25-17(9)18-10(6)14-12-8(5)16(15)24-30-20(12)28-22(14)32-26(18)36-35(25)45-39(31)49-41(27)47(37(43)29(19)23)55(59)57(49)61-53(45)54-46(36)40(32)50-42(28)48-38(30)44(34(24)33)52(51)60(65)56(48)58(50)62(54)66(61,65)67/h2-4H2,1H3. The molecule has 5 aliphatic rings. The predicted octanol–water partition coefficient (Wildman–Crippen LogP) is 16.8. The number of benzene rings is 18. The van der Waals surface area contributed by atoms with Crippen LogP contribution in [0.3, 0.4) is 0 Å². The molecule has 0 amide bonds. The summed E-state index contributed by atoms with van der Waals surface area (Å²) in [5.41, 5.74) is 1.33. The summed E-state index contributed by atoms with van der Waals surface area (Å²) in [5.74, 6) is -0.799. The number of halogens is 1. The fourth-order valence-corrected chi connectivity index (χ4v) is 26.0. The van der Waals surface area contributed by atoms with Crippen molar-refractivity contribution in [1.82, 2.24) is 0 Å². The lowest BCUT2D eigenvalue weighted by Crippen LogP contribution is -2.38. The second-order valence-electron chi connectivity index (χ2n) is 25.7. The molecule has 0 saturated heterocycles. The Bertz CT molecular complexity index is 6760. The first kappa shape index (κ1) is 28.1. The van der Waals surface area contributed by atoms with Gasteiger partial charge in [0.05, 0.1) is 24.5 Å². The molecule has 1 fully saturated rings. The molecule has 0 bridgehead atoms. The van der Waals surface area contributed by atoms with E-state index < -0.39 is 22.2 Å². The monoisotopic (exact) mass is 956 g/mol. The van der Waals surface area contributed by atoms with Gasteiger partial charge in [-0.1, -0.05) is 15.9 Å². The van der Waals surface area contributed by atoms with Crippen molar-refractivity contribution >= 4 is 319 Å². The number of esters is 2. The Balaban J connectivity index is 1.16. The van der Waals surface area contributed by atoms with E-state index in [0.29, 0.717) is 11.8 Å². The van der Waals surface area contributed by atoms with E-state index in [1.54, 1.807) is 104 Å². The number of alkyl halides is 1. The second-order valence-corrected chi connectivity index (χ2v) is 26.5. The maximum Gasteiger partial charge on any atom is 0.326 e. The van der Waals surface area contributed by atoms with Gasteiger partial charge in [0, 0.05) is 5.33 Å². The molecule has 4 nitrogen and oxygen atoms in total. The van der Waals surface area contributed by atoms with Gasteiger partial charge in [-0.15, -0.1) is 0 Å². The van der Waals surface area contributed by atoms with E-state index in [-0.39, 0.29) is 12.6 Å². The van der Waals surface area contributed by atoms with Crippen LogP contribution in [0.5, 0.6) is 0 Å². The van der Waals surface area contributed by atoms with E-state index in [1.165, 1.54) is 216 Å². The highest BCUT2D eigenvalue weighted by Gasteiger charge is 3.01. The third-order valence-electron chi connectivity index (χ3n) is 25.7. The summed E-state index contributed by atoms with van der Waals surface area (Å²) in [4.78, 5) is 33.3. The fraction of sp³-hybridized carbons (Fsp3) is 0.104. The molecule has 0 heterocycles. The Morgan fingerprint density at radius 1 is 0.292 bits per heavy atom. The van der Waals surface area contributed by atoms with Crippen molar-refractivity contribution in [2.75, 3.05) is 19.0 Å². The molecule has 0 aliphatic heterocycles. The number of hydrogen-bond donors (Lipinski definition) is 0. The van der Waals surface area contributed by atoms with Crippen molar-refractivity contribution in [2.24, 2.45) is 5.41 Å². The van der Waals surface area contributed by atoms with Gasteiger partial charge in [-0.3, -0.25) is 9.59 Å². The molecule has 33 rings (SSSR count). The third-order valence-corrected chi connectivity index (χ3v) is 26.2. The quantitative estimate of drug-likeness (QED) is 0.0567. The summed E-state index contributed by atoms with van der Waals surface area (Å²) < 4.78 is 13.2. The van der Waals surface area contributed by atoms with Crippen LogP contribution in [0.1, 0.15) is 28.7 Å². The first-order valence-corrected chi connectivity index (χ1v) is 27.4. The van der Waals surface area contributed by atoms with Gasteiger partial charge in [0.1, 0.15) is 0 Å². The molecule has 0 unspecified atom stereocenters. The van der Waals surface area contributed by atoms with Crippen molar-refractivity contribution in [2.45, 2.75) is 17.3 Å². The molecule has 308 valence electrons. The van der Waals surface area contributed by atoms with Gasteiger partial charge in [-0.2, -0.15) is 0 Å². The van der Waals surface area contributed by atoms with Crippen molar-refractivity contribution in [1.29, 1.82) is 0 Å². The maximum atomic E-state index is 16.7. The van der Waals surface area contributed by atoms with Gasteiger partial charge in [0.15, 0.2) is 5.41 Å². The number of carbonyl (C=O) groups excluding carboxylic acids is 2. The lowest BCUT2D eigenvalue weighted by atomic mass is 9.68. The third kappa shape index (κ3) is 1.43. The molecule has 5 heteroatoms. The molecular weight excluding hydrogens is 949 g/mol. The van der Waals surface area contributed by atoms with Crippen molar-refractivity contribution < 1.29 is 19.1 Å². The van der Waals surface area contributed by atoms with Gasteiger partial charge >= 0.3 is 11.9 Å². The summed E-state index contributed by atoms with van der Waals surface area (Å²) in [6.07, 6.45) is 0.667. The topological polar surface area (TPSA) is 52.6 Å². The van der Waals surface area contributed by atoms with Gasteiger partial charge in [-0.05, 0) is 320 Å². The summed E-state index contributed by atoms with van der Waals surface area (Å²) in [7, 11) is 1.56. The van der Waals surface area contributed by atoms with Crippen LogP contribution in [0.15, 0.2) is 0 Å². The second kappa shape index (κ2) is 6.34. The van der Waals surface area contributed by atoms with E-state index in [4.69, 9.17) is 9.47 Å². The minimum Gasteiger partial charge on any atom is -0.468 e. The molecule has 1 saturated carbocycles. The fourth-order valence-electron chi connectivity index (χ4n) is 25.7. The molecule has 5 aliphatic carbocycles. The lowest BCUT2D eigenvalue weighted by Gasteiger charge is -2.32. The number of hydrogen-bond acceptors (Lipinski definition) is 4. The van der Waals surface area contributed by atoms with Crippen LogP contribution in [0, 0.1) is 5.41 Å². The summed E-state index contributed by atoms with van der Waals surface area (Å²) >= 11 is 3.68. The highest BCUT2D eigenvalue weighted by molar-refractivity contribution is 9.09. The summed E-state index contributed by atoms with van der Waals surface area (Å²) in [6.45, 7) is 0.244.